The lowest BCUT2D eigenvalue weighted by Gasteiger charge is -2.45. The van der Waals surface area contributed by atoms with Gasteiger partial charge in [0, 0.05) is 43.8 Å². The number of rotatable bonds is 9. The molecule has 1 aliphatic carbocycles. The topological polar surface area (TPSA) is 52.8 Å². The van der Waals surface area contributed by atoms with Crippen molar-refractivity contribution < 1.29 is 4.79 Å². The molecule has 1 heterocycles. The molecule has 1 saturated heterocycles. The van der Waals surface area contributed by atoms with Crippen LogP contribution in [0.4, 0.5) is 0 Å². The Hall–Kier alpha value is -1.14. The van der Waals surface area contributed by atoms with Crippen molar-refractivity contribution in [2.24, 2.45) is 11.7 Å². The van der Waals surface area contributed by atoms with Gasteiger partial charge in [0.1, 0.15) is 0 Å². The molecule has 2 aliphatic rings. The van der Waals surface area contributed by atoms with Crippen LogP contribution in [-0.4, -0.2) is 78.5 Å². The van der Waals surface area contributed by atoms with Crippen LogP contribution in [0.15, 0.2) is 24.3 Å². The van der Waals surface area contributed by atoms with Gasteiger partial charge in [0.25, 0.3) is 0 Å². The molecule has 1 aliphatic heterocycles. The Bertz CT molecular complexity index is 665. The normalized spacial score (nSPS) is 20.7. The quantitative estimate of drug-likeness (QED) is 0.626. The first-order valence-electron chi connectivity index (χ1n) is 12.3. The van der Waals surface area contributed by atoms with E-state index < -0.39 is 6.04 Å². The maximum absolute atomic E-state index is 13.0. The molecule has 1 aromatic rings. The zero-order valence-electron chi connectivity index (χ0n) is 19.4. The highest BCUT2D eigenvalue weighted by molar-refractivity contribution is 6.30. The molecular formula is C25H41ClN4O. The first kappa shape index (κ1) is 24.5. The number of halogens is 1. The van der Waals surface area contributed by atoms with Crippen LogP contribution in [0.2, 0.25) is 5.02 Å². The van der Waals surface area contributed by atoms with E-state index in [1.54, 1.807) is 0 Å². The summed E-state index contributed by atoms with van der Waals surface area (Å²) in [5.41, 5.74) is 7.34. The second-order valence-corrected chi connectivity index (χ2v) is 9.69. The van der Waals surface area contributed by atoms with Crippen LogP contribution in [-0.2, 0) is 11.2 Å². The molecule has 2 fully saturated rings. The highest BCUT2D eigenvalue weighted by Gasteiger charge is 2.33. The number of nitrogens with two attached hydrogens (primary N) is 1. The highest BCUT2D eigenvalue weighted by Crippen LogP contribution is 2.30. The van der Waals surface area contributed by atoms with E-state index in [1.165, 1.54) is 32.1 Å². The van der Waals surface area contributed by atoms with Gasteiger partial charge in [-0.05, 0) is 56.0 Å². The number of carbonyl (C=O) groups excluding carboxylic acids is 1. The summed E-state index contributed by atoms with van der Waals surface area (Å²) in [6.45, 7) is 11.4. The van der Waals surface area contributed by atoms with E-state index in [9.17, 15) is 4.79 Å². The van der Waals surface area contributed by atoms with E-state index in [2.05, 4.69) is 23.6 Å². The number of likely N-dealkylation sites (N-methyl/N-ethyl adjacent to an activating group) is 1. The minimum absolute atomic E-state index is 0.0764. The van der Waals surface area contributed by atoms with Crippen molar-refractivity contribution in [3.63, 3.8) is 0 Å². The Morgan fingerprint density at radius 3 is 2.26 bits per heavy atom. The third kappa shape index (κ3) is 6.92. The molecule has 0 bridgehead atoms. The summed E-state index contributed by atoms with van der Waals surface area (Å²) in [5.74, 6) is 0.872. The summed E-state index contributed by atoms with van der Waals surface area (Å²) in [5, 5.41) is 0.706. The second-order valence-electron chi connectivity index (χ2n) is 9.25. The zero-order valence-corrected chi connectivity index (χ0v) is 20.2. The van der Waals surface area contributed by atoms with Crippen molar-refractivity contribution in [2.75, 3.05) is 45.8 Å². The lowest BCUT2D eigenvalue weighted by atomic mass is 9.82. The lowest BCUT2D eigenvalue weighted by Crippen LogP contribution is -2.58. The number of benzene rings is 1. The van der Waals surface area contributed by atoms with Crippen LogP contribution in [0.3, 0.4) is 0 Å². The van der Waals surface area contributed by atoms with Crippen LogP contribution in [0.25, 0.3) is 0 Å². The molecule has 2 atom stereocenters. The maximum atomic E-state index is 13.0. The minimum atomic E-state index is -0.488. The Morgan fingerprint density at radius 2 is 1.68 bits per heavy atom. The first-order chi connectivity index (χ1) is 15.0. The van der Waals surface area contributed by atoms with Gasteiger partial charge in [0.15, 0.2) is 0 Å². The van der Waals surface area contributed by atoms with Gasteiger partial charge in [0.05, 0.1) is 6.04 Å². The van der Waals surface area contributed by atoms with Gasteiger partial charge in [-0.15, -0.1) is 0 Å². The lowest BCUT2D eigenvalue weighted by molar-refractivity contribution is -0.135. The van der Waals surface area contributed by atoms with Crippen molar-refractivity contribution in [1.82, 2.24) is 14.7 Å². The number of carbonyl (C=O) groups is 1. The molecule has 31 heavy (non-hydrogen) atoms. The molecule has 0 radical (unpaired) electrons. The van der Waals surface area contributed by atoms with E-state index in [4.69, 9.17) is 17.3 Å². The van der Waals surface area contributed by atoms with Crippen LogP contribution in [0.1, 0.15) is 51.5 Å². The zero-order chi connectivity index (χ0) is 22.2. The van der Waals surface area contributed by atoms with Crippen molar-refractivity contribution in [3.8, 4) is 0 Å². The monoisotopic (exact) mass is 448 g/mol. The van der Waals surface area contributed by atoms with Gasteiger partial charge < -0.3 is 15.5 Å². The number of hydrogen-bond donors (Lipinski definition) is 1. The first-order valence-corrected chi connectivity index (χ1v) is 12.6. The molecule has 0 aromatic heterocycles. The summed E-state index contributed by atoms with van der Waals surface area (Å²) in [7, 11) is 0. The molecule has 0 spiro atoms. The smallest absolute Gasteiger partial charge is 0.239 e. The summed E-state index contributed by atoms with van der Waals surface area (Å²) >= 11 is 5.96. The molecule has 3 rings (SSSR count). The van der Waals surface area contributed by atoms with E-state index in [0.717, 1.165) is 57.3 Å². The average Bonchev–Trinajstić information content (AvgIpc) is 2.81. The molecule has 174 valence electrons. The average molecular weight is 449 g/mol. The van der Waals surface area contributed by atoms with Crippen molar-refractivity contribution in [3.05, 3.63) is 34.9 Å². The number of amides is 1. The number of piperazine rings is 1. The number of hydrogen-bond acceptors (Lipinski definition) is 4. The molecule has 1 saturated carbocycles. The minimum Gasteiger partial charge on any atom is -0.339 e. The Labute approximate surface area is 193 Å². The highest BCUT2D eigenvalue weighted by atomic mass is 35.5. The van der Waals surface area contributed by atoms with Gasteiger partial charge in [-0.3, -0.25) is 9.69 Å². The Kier molecular flexibility index (Phi) is 9.64. The Morgan fingerprint density at radius 1 is 1.06 bits per heavy atom. The molecule has 1 aromatic carbocycles. The SMILES string of the molecule is CCN(CC)CC(C1CCCCC1)N1CCN(C(=O)C(N)Cc2ccc(Cl)cc2)CC1. The fourth-order valence-electron chi connectivity index (χ4n) is 5.30. The van der Waals surface area contributed by atoms with Crippen molar-refractivity contribution in [2.45, 2.75) is 64.5 Å². The van der Waals surface area contributed by atoms with Gasteiger partial charge in [0.2, 0.25) is 5.91 Å². The third-order valence-electron chi connectivity index (χ3n) is 7.31. The fourth-order valence-corrected chi connectivity index (χ4v) is 5.42. The predicted octanol–water partition coefficient (Wildman–Crippen LogP) is 3.64. The molecule has 2 unspecified atom stereocenters. The van der Waals surface area contributed by atoms with Crippen molar-refractivity contribution >= 4 is 17.5 Å². The van der Waals surface area contributed by atoms with E-state index in [1.807, 2.05) is 29.2 Å². The summed E-state index contributed by atoms with van der Waals surface area (Å²) < 4.78 is 0. The molecular weight excluding hydrogens is 408 g/mol. The standard InChI is InChI=1S/C25H41ClN4O/c1-3-28(4-2)19-24(21-8-6-5-7-9-21)29-14-16-30(17-15-29)25(31)23(27)18-20-10-12-22(26)13-11-20/h10-13,21,23-24H,3-9,14-19,27H2,1-2H3. The number of nitrogens with zero attached hydrogens (tertiary/aromatic N) is 3. The van der Waals surface area contributed by atoms with Gasteiger partial charge in [-0.25, -0.2) is 0 Å². The van der Waals surface area contributed by atoms with Gasteiger partial charge in [-0.2, -0.15) is 0 Å². The molecule has 6 heteroatoms. The predicted molar refractivity (Wildman–Crippen MR) is 129 cm³/mol. The van der Waals surface area contributed by atoms with Crippen LogP contribution >= 0.6 is 11.6 Å². The third-order valence-corrected chi connectivity index (χ3v) is 7.57. The summed E-state index contributed by atoms with van der Waals surface area (Å²) in [6.07, 6.45) is 7.41. The fraction of sp³-hybridized carbons (Fsp3) is 0.720. The van der Waals surface area contributed by atoms with E-state index in [0.29, 0.717) is 17.5 Å². The molecule has 1 amide bonds. The van der Waals surface area contributed by atoms with Gasteiger partial charge >= 0.3 is 0 Å². The van der Waals surface area contributed by atoms with Crippen LogP contribution in [0.5, 0.6) is 0 Å². The maximum Gasteiger partial charge on any atom is 0.239 e. The Balaban J connectivity index is 1.56. The summed E-state index contributed by atoms with van der Waals surface area (Å²) in [4.78, 5) is 20.2. The summed E-state index contributed by atoms with van der Waals surface area (Å²) in [6, 6.07) is 7.74. The van der Waals surface area contributed by atoms with Crippen LogP contribution in [0, 0.1) is 5.92 Å². The largest absolute Gasteiger partial charge is 0.339 e. The van der Waals surface area contributed by atoms with Crippen molar-refractivity contribution in [1.29, 1.82) is 0 Å². The molecule has 2 N–H and O–H groups in total. The van der Waals surface area contributed by atoms with Crippen LogP contribution < -0.4 is 5.73 Å². The van der Waals surface area contributed by atoms with Gasteiger partial charge in [-0.1, -0.05) is 56.8 Å². The van der Waals surface area contributed by atoms with E-state index >= 15 is 0 Å². The van der Waals surface area contributed by atoms with E-state index in [-0.39, 0.29) is 5.91 Å². The second kappa shape index (κ2) is 12.2. The molecule has 5 nitrogen and oxygen atoms in total.